The van der Waals surface area contributed by atoms with Crippen molar-refractivity contribution in [3.63, 3.8) is 0 Å². The highest BCUT2D eigenvalue weighted by Gasteiger charge is 2.07. The number of nitrogens with zero attached hydrogens (tertiary/aromatic N) is 1. The SMILES string of the molecule is [CH2]C(CF)c1cc(C#N)cc(CC)c1. The van der Waals surface area contributed by atoms with Crippen molar-refractivity contribution < 1.29 is 4.39 Å². The van der Waals surface area contributed by atoms with E-state index in [1.165, 1.54) is 0 Å². The molecule has 0 aliphatic heterocycles. The zero-order valence-corrected chi connectivity index (χ0v) is 8.26. The molecule has 0 N–H and O–H groups in total. The van der Waals surface area contributed by atoms with Gasteiger partial charge in [-0.2, -0.15) is 5.26 Å². The van der Waals surface area contributed by atoms with Crippen LogP contribution in [0.3, 0.4) is 0 Å². The second kappa shape index (κ2) is 4.76. The van der Waals surface area contributed by atoms with Gasteiger partial charge in [-0.1, -0.05) is 13.0 Å². The minimum atomic E-state index is -0.488. The molecule has 0 aliphatic carbocycles. The molecular weight excluding hydrogens is 177 g/mol. The molecule has 14 heavy (non-hydrogen) atoms. The van der Waals surface area contributed by atoms with Gasteiger partial charge in [0.2, 0.25) is 0 Å². The van der Waals surface area contributed by atoms with Crippen LogP contribution in [0, 0.1) is 18.3 Å². The Bertz CT molecular complexity index is 352. The first-order valence-electron chi connectivity index (χ1n) is 4.64. The number of aryl methyl sites for hydroxylation is 1. The van der Waals surface area contributed by atoms with Crippen LogP contribution in [0.5, 0.6) is 0 Å². The Kier molecular flexibility index (Phi) is 3.64. The van der Waals surface area contributed by atoms with Gasteiger partial charge < -0.3 is 0 Å². The van der Waals surface area contributed by atoms with Crippen LogP contribution >= 0.6 is 0 Å². The van der Waals surface area contributed by atoms with E-state index in [2.05, 4.69) is 13.0 Å². The number of alkyl halides is 1. The maximum Gasteiger partial charge on any atom is 0.0991 e. The predicted octanol–water partition coefficient (Wildman–Crippen LogP) is 3.01. The zero-order valence-electron chi connectivity index (χ0n) is 8.26. The lowest BCUT2D eigenvalue weighted by Gasteiger charge is -2.09. The van der Waals surface area contributed by atoms with Crippen LogP contribution in [0.15, 0.2) is 18.2 Å². The summed E-state index contributed by atoms with van der Waals surface area (Å²) in [6, 6.07) is 7.52. The van der Waals surface area contributed by atoms with E-state index in [0.29, 0.717) is 5.56 Å². The third-order valence-corrected chi connectivity index (χ3v) is 2.21. The predicted molar refractivity (Wildman–Crippen MR) is 54.6 cm³/mol. The van der Waals surface area contributed by atoms with E-state index in [1.807, 2.05) is 19.1 Å². The maximum absolute atomic E-state index is 12.4. The van der Waals surface area contributed by atoms with Crippen molar-refractivity contribution in [2.45, 2.75) is 19.3 Å². The van der Waals surface area contributed by atoms with E-state index in [-0.39, 0.29) is 5.92 Å². The van der Waals surface area contributed by atoms with Gasteiger partial charge in [0.25, 0.3) is 0 Å². The van der Waals surface area contributed by atoms with E-state index in [1.54, 1.807) is 6.07 Å². The summed E-state index contributed by atoms with van der Waals surface area (Å²) in [5, 5.41) is 8.77. The van der Waals surface area contributed by atoms with Gasteiger partial charge in [0, 0.05) is 5.92 Å². The summed E-state index contributed by atoms with van der Waals surface area (Å²) < 4.78 is 12.4. The molecule has 0 amide bonds. The first-order chi connectivity index (χ1) is 6.71. The van der Waals surface area contributed by atoms with E-state index in [9.17, 15) is 4.39 Å². The molecular formula is C12H13FN. The van der Waals surface area contributed by atoms with Gasteiger partial charge in [-0.05, 0) is 36.6 Å². The van der Waals surface area contributed by atoms with Crippen molar-refractivity contribution in [3.8, 4) is 6.07 Å². The molecule has 1 radical (unpaired) electrons. The summed E-state index contributed by atoms with van der Waals surface area (Å²) in [5.41, 5.74) is 2.45. The molecule has 1 atom stereocenters. The molecule has 0 heterocycles. The van der Waals surface area contributed by atoms with Crippen molar-refractivity contribution in [2.24, 2.45) is 0 Å². The molecule has 0 fully saturated rings. The molecule has 0 aromatic heterocycles. The van der Waals surface area contributed by atoms with E-state index >= 15 is 0 Å². The maximum atomic E-state index is 12.4. The average Bonchev–Trinajstić information content (AvgIpc) is 2.27. The third-order valence-electron chi connectivity index (χ3n) is 2.21. The lowest BCUT2D eigenvalue weighted by atomic mass is 9.97. The quantitative estimate of drug-likeness (QED) is 0.718. The Hall–Kier alpha value is -1.36. The normalized spacial score (nSPS) is 12.1. The molecule has 1 aromatic carbocycles. The van der Waals surface area contributed by atoms with Crippen molar-refractivity contribution >= 4 is 0 Å². The molecule has 2 heteroatoms. The summed E-state index contributed by atoms with van der Waals surface area (Å²) >= 11 is 0. The Morgan fingerprint density at radius 2 is 2.21 bits per heavy atom. The first-order valence-corrected chi connectivity index (χ1v) is 4.64. The summed E-state index contributed by atoms with van der Waals surface area (Å²) in [4.78, 5) is 0. The highest BCUT2D eigenvalue weighted by atomic mass is 19.1. The van der Waals surface area contributed by atoms with Crippen molar-refractivity contribution in [3.05, 3.63) is 41.8 Å². The smallest absolute Gasteiger partial charge is 0.0991 e. The summed E-state index contributed by atoms with van der Waals surface area (Å²) in [5.74, 6) is -0.367. The molecule has 0 spiro atoms. The molecule has 0 saturated heterocycles. The minimum Gasteiger partial charge on any atom is -0.250 e. The van der Waals surface area contributed by atoms with Gasteiger partial charge in [-0.3, -0.25) is 4.39 Å². The number of hydrogen-bond donors (Lipinski definition) is 0. The van der Waals surface area contributed by atoms with E-state index in [0.717, 1.165) is 17.5 Å². The van der Waals surface area contributed by atoms with Gasteiger partial charge in [-0.25, -0.2) is 0 Å². The van der Waals surface area contributed by atoms with Crippen LogP contribution in [0.4, 0.5) is 4.39 Å². The number of nitriles is 1. The summed E-state index contributed by atoms with van der Waals surface area (Å²) in [7, 11) is 0. The van der Waals surface area contributed by atoms with Crippen LogP contribution in [-0.4, -0.2) is 6.67 Å². The van der Waals surface area contributed by atoms with Crippen molar-refractivity contribution in [2.75, 3.05) is 6.67 Å². The molecule has 73 valence electrons. The van der Waals surface area contributed by atoms with Crippen LogP contribution in [0.25, 0.3) is 0 Å². The monoisotopic (exact) mass is 190 g/mol. The fourth-order valence-corrected chi connectivity index (χ4v) is 1.31. The van der Waals surface area contributed by atoms with Crippen molar-refractivity contribution in [1.82, 2.24) is 0 Å². The molecule has 1 aromatic rings. The molecule has 0 aliphatic rings. The van der Waals surface area contributed by atoms with E-state index in [4.69, 9.17) is 5.26 Å². The fraction of sp³-hybridized carbons (Fsp3) is 0.333. The Labute approximate surface area is 84.2 Å². The lowest BCUT2D eigenvalue weighted by molar-refractivity contribution is 0.465. The Balaban J connectivity index is 3.12. The van der Waals surface area contributed by atoms with Crippen LogP contribution in [-0.2, 0) is 6.42 Å². The second-order valence-corrected chi connectivity index (χ2v) is 3.28. The summed E-state index contributed by atoms with van der Waals surface area (Å²) in [6.07, 6.45) is 0.849. The highest BCUT2D eigenvalue weighted by molar-refractivity contribution is 5.39. The highest BCUT2D eigenvalue weighted by Crippen LogP contribution is 2.19. The number of halogens is 1. The van der Waals surface area contributed by atoms with Gasteiger partial charge in [-0.15, -0.1) is 0 Å². The third kappa shape index (κ3) is 2.32. The number of benzene rings is 1. The van der Waals surface area contributed by atoms with E-state index < -0.39 is 6.67 Å². The molecule has 1 nitrogen and oxygen atoms in total. The molecule has 0 bridgehead atoms. The van der Waals surface area contributed by atoms with Crippen LogP contribution in [0.1, 0.15) is 29.5 Å². The van der Waals surface area contributed by atoms with Crippen LogP contribution < -0.4 is 0 Å². The van der Waals surface area contributed by atoms with Crippen molar-refractivity contribution in [1.29, 1.82) is 5.26 Å². The summed E-state index contributed by atoms with van der Waals surface area (Å²) in [6.45, 7) is 5.21. The minimum absolute atomic E-state index is 0.367. The lowest BCUT2D eigenvalue weighted by Crippen LogP contribution is -1.98. The van der Waals surface area contributed by atoms with Crippen LogP contribution in [0.2, 0.25) is 0 Å². The van der Waals surface area contributed by atoms with Gasteiger partial charge in [0.15, 0.2) is 0 Å². The molecule has 1 unspecified atom stereocenters. The average molecular weight is 190 g/mol. The first kappa shape index (κ1) is 10.7. The van der Waals surface area contributed by atoms with Gasteiger partial charge in [0.1, 0.15) is 0 Å². The Morgan fingerprint density at radius 1 is 1.50 bits per heavy atom. The number of hydrogen-bond acceptors (Lipinski definition) is 1. The largest absolute Gasteiger partial charge is 0.250 e. The molecule has 0 saturated carbocycles. The standard InChI is InChI=1S/C12H13FN/c1-3-10-4-11(8-14)6-12(5-10)9(2)7-13/h4-6,9H,2-3,7H2,1H3. The topological polar surface area (TPSA) is 23.8 Å². The number of rotatable bonds is 3. The molecule has 1 rings (SSSR count). The zero-order chi connectivity index (χ0) is 10.6. The van der Waals surface area contributed by atoms with Gasteiger partial charge >= 0.3 is 0 Å². The fourth-order valence-electron chi connectivity index (χ4n) is 1.31. The second-order valence-electron chi connectivity index (χ2n) is 3.28. The van der Waals surface area contributed by atoms with Gasteiger partial charge in [0.05, 0.1) is 18.3 Å². The Morgan fingerprint density at radius 3 is 2.71 bits per heavy atom.